The number of aromatic nitrogens is 3. The van der Waals surface area contributed by atoms with Crippen molar-refractivity contribution in [1.29, 1.82) is 0 Å². The fraction of sp³-hybridized carbons (Fsp3) is 0.269. The standard InChI is InChI=1S/C26H25ClN4O3/c1-16-25-24(18-8-4-6-10-21(18)28-25)19(17-7-3-5-9-20(17)27)15-30(16)26(33)22-11-12-23(32)31(29-22)13-14-34-2/h3-12,16,19,28H,13-15H2,1-2H3. The van der Waals surface area contributed by atoms with E-state index in [1.807, 2.05) is 49.4 Å². The maximum Gasteiger partial charge on any atom is 0.274 e. The molecule has 3 heterocycles. The molecule has 2 atom stereocenters. The van der Waals surface area contributed by atoms with Gasteiger partial charge in [0.2, 0.25) is 0 Å². The van der Waals surface area contributed by atoms with E-state index in [4.69, 9.17) is 16.3 Å². The summed E-state index contributed by atoms with van der Waals surface area (Å²) < 4.78 is 6.33. The smallest absolute Gasteiger partial charge is 0.274 e. The lowest BCUT2D eigenvalue weighted by molar-refractivity contribution is 0.0652. The summed E-state index contributed by atoms with van der Waals surface area (Å²) >= 11 is 6.63. The molecular weight excluding hydrogens is 452 g/mol. The van der Waals surface area contributed by atoms with Crippen LogP contribution in [0.15, 0.2) is 65.5 Å². The summed E-state index contributed by atoms with van der Waals surface area (Å²) in [6, 6.07) is 18.6. The molecule has 4 aromatic rings. The molecule has 8 heteroatoms. The molecule has 34 heavy (non-hydrogen) atoms. The molecule has 7 nitrogen and oxygen atoms in total. The van der Waals surface area contributed by atoms with Crippen molar-refractivity contribution in [2.45, 2.75) is 25.4 Å². The number of rotatable bonds is 5. The van der Waals surface area contributed by atoms with Crippen molar-refractivity contribution in [2.24, 2.45) is 0 Å². The van der Waals surface area contributed by atoms with Crippen molar-refractivity contribution < 1.29 is 9.53 Å². The van der Waals surface area contributed by atoms with E-state index in [1.165, 1.54) is 22.4 Å². The Labute approximate surface area is 201 Å². The summed E-state index contributed by atoms with van der Waals surface area (Å²) in [6.07, 6.45) is 0. The first kappa shape index (κ1) is 22.4. The van der Waals surface area contributed by atoms with E-state index < -0.39 is 0 Å². The Balaban J connectivity index is 1.61. The van der Waals surface area contributed by atoms with Gasteiger partial charge >= 0.3 is 0 Å². The minimum absolute atomic E-state index is 0.112. The fourth-order valence-electron chi connectivity index (χ4n) is 4.81. The van der Waals surface area contributed by atoms with Crippen LogP contribution in [0.3, 0.4) is 0 Å². The molecule has 0 fully saturated rings. The predicted molar refractivity (Wildman–Crippen MR) is 131 cm³/mol. The first-order chi connectivity index (χ1) is 16.5. The Morgan fingerprint density at radius 1 is 1.15 bits per heavy atom. The van der Waals surface area contributed by atoms with Crippen molar-refractivity contribution in [3.8, 4) is 0 Å². The van der Waals surface area contributed by atoms with E-state index in [2.05, 4.69) is 16.1 Å². The molecule has 0 aliphatic carbocycles. The van der Waals surface area contributed by atoms with Crippen LogP contribution in [0.25, 0.3) is 10.9 Å². The maximum absolute atomic E-state index is 13.7. The van der Waals surface area contributed by atoms with Crippen molar-refractivity contribution >= 4 is 28.4 Å². The number of nitrogens with one attached hydrogen (secondary N) is 1. The average Bonchev–Trinajstić information content (AvgIpc) is 3.24. The van der Waals surface area contributed by atoms with E-state index >= 15 is 0 Å². The largest absolute Gasteiger partial charge is 0.383 e. The molecule has 0 bridgehead atoms. The van der Waals surface area contributed by atoms with Gasteiger partial charge in [-0.15, -0.1) is 0 Å². The van der Waals surface area contributed by atoms with Gasteiger partial charge in [0.1, 0.15) is 5.69 Å². The summed E-state index contributed by atoms with van der Waals surface area (Å²) in [5.74, 6) is -0.348. The van der Waals surface area contributed by atoms with Gasteiger partial charge in [0.05, 0.1) is 19.2 Å². The van der Waals surface area contributed by atoms with Crippen LogP contribution >= 0.6 is 11.6 Å². The highest BCUT2D eigenvalue weighted by Crippen LogP contribution is 2.44. The second kappa shape index (κ2) is 9.08. The molecule has 1 aliphatic rings. The Hall–Kier alpha value is -3.42. The lowest BCUT2D eigenvalue weighted by atomic mass is 9.83. The number of hydrogen-bond donors (Lipinski definition) is 1. The highest BCUT2D eigenvalue weighted by molar-refractivity contribution is 6.31. The molecule has 2 aromatic heterocycles. The van der Waals surface area contributed by atoms with Gasteiger partial charge < -0.3 is 14.6 Å². The Kier molecular flexibility index (Phi) is 5.98. The number of methoxy groups -OCH3 is 1. The number of carbonyl (C=O) groups excluding carboxylic acids is 1. The third-order valence-electron chi connectivity index (χ3n) is 6.52. The number of nitrogens with zero attached hydrogens (tertiary/aromatic N) is 3. The zero-order chi connectivity index (χ0) is 23.8. The second-order valence-corrected chi connectivity index (χ2v) is 8.89. The highest BCUT2D eigenvalue weighted by atomic mass is 35.5. The molecule has 0 spiro atoms. The molecule has 0 radical (unpaired) electrons. The van der Waals surface area contributed by atoms with Gasteiger partial charge in [-0.05, 0) is 36.2 Å². The normalized spacial score (nSPS) is 17.7. The van der Waals surface area contributed by atoms with Crippen LogP contribution in [-0.4, -0.2) is 45.8 Å². The van der Waals surface area contributed by atoms with E-state index in [9.17, 15) is 9.59 Å². The zero-order valence-electron chi connectivity index (χ0n) is 19.0. The minimum Gasteiger partial charge on any atom is -0.383 e. The number of para-hydroxylation sites is 1. The van der Waals surface area contributed by atoms with Crippen LogP contribution < -0.4 is 5.56 Å². The van der Waals surface area contributed by atoms with Crippen LogP contribution in [0.4, 0.5) is 0 Å². The lowest BCUT2D eigenvalue weighted by Gasteiger charge is -2.38. The van der Waals surface area contributed by atoms with Crippen LogP contribution in [-0.2, 0) is 11.3 Å². The molecule has 2 unspecified atom stereocenters. The topological polar surface area (TPSA) is 80.2 Å². The third kappa shape index (κ3) is 3.81. The Bertz CT molecular complexity index is 1430. The monoisotopic (exact) mass is 476 g/mol. The van der Waals surface area contributed by atoms with E-state index in [0.29, 0.717) is 18.2 Å². The molecule has 1 aliphatic heterocycles. The van der Waals surface area contributed by atoms with Crippen LogP contribution in [0.5, 0.6) is 0 Å². The van der Waals surface area contributed by atoms with Crippen LogP contribution in [0, 0.1) is 0 Å². The van der Waals surface area contributed by atoms with E-state index in [-0.39, 0.29) is 35.7 Å². The van der Waals surface area contributed by atoms with Crippen LogP contribution in [0.2, 0.25) is 5.02 Å². The summed E-state index contributed by atoms with van der Waals surface area (Å²) in [4.78, 5) is 31.2. The third-order valence-corrected chi connectivity index (χ3v) is 6.87. The van der Waals surface area contributed by atoms with Crippen molar-refractivity contribution in [3.63, 3.8) is 0 Å². The molecular formula is C26H25ClN4O3. The summed E-state index contributed by atoms with van der Waals surface area (Å²) in [6.45, 7) is 3.06. The van der Waals surface area contributed by atoms with Gasteiger partial charge in [-0.2, -0.15) is 5.10 Å². The van der Waals surface area contributed by atoms with Crippen molar-refractivity contribution in [1.82, 2.24) is 19.7 Å². The van der Waals surface area contributed by atoms with Crippen molar-refractivity contribution in [3.05, 3.63) is 98.6 Å². The molecule has 5 rings (SSSR count). The molecule has 2 aromatic carbocycles. The summed E-state index contributed by atoms with van der Waals surface area (Å²) in [5.41, 5.74) is 4.10. The van der Waals surface area contributed by atoms with Gasteiger partial charge in [-0.25, -0.2) is 4.68 Å². The molecule has 1 N–H and O–H groups in total. The number of H-pyrrole nitrogens is 1. The number of hydrogen-bond acceptors (Lipinski definition) is 4. The van der Waals surface area contributed by atoms with Gasteiger partial charge in [0.15, 0.2) is 0 Å². The maximum atomic E-state index is 13.7. The molecule has 174 valence electrons. The predicted octanol–water partition coefficient (Wildman–Crippen LogP) is 4.37. The summed E-state index contributed by atoms with van der Waals surface area (Å²) in [5, 5.41) is 6.13. The average molecular weight is 477 g/mol. The Morgan fingerprint density at radius 2 is 1.91 bits per heavy atom. The zero-order valence-corrected chi connectivity index (χ0v) is 19.7. The lowest BCUT2D eigenvalue weighted by Crippen LogP contribution is -2.42. The number of carbonyl (C=O) groups is 1. The fourth-order valence-corrected chi connectivity index (χ4v) is 5.08. The number of ether oxygens (including phenoxy) is 1. The van der Waals surface area contributed by atoms with E-state index in [0.717, 1.165) is 22.2 Å². The van der Waals surface area contributed by atoms with Gasteiger partial charge in [0, 0.05) is 47.3 Å². The number of aromatic amines is 1. The molecule has 1 amide bonds. The number of amides is 1. The van der Waals surface area contributed by atoms with Gasteiger partial charge in [-0.3, -0.25) is 9.59 Å². The number of halogens is 1. The summed E-state index contributed by atoms with van der Waals surface area (Å²) in [7, 11) is 1.56. The highest BCUT2D eigenvalue weighted by Gasteiger charge is 2.38. The minimum atomic E-state index is -0.271. The number of fused-ring (bicyclic) bond motifs is 3. The van der Waals surface area contributed by atoms with Gasteiger partial charge in [-0.1, -0.05) is 48.0 Å². The second-order valence-electron chi connectivity index (χ2n) is 8.48. The number of benzene rings is 2. The Morgan fingerprint density at radius 3 is 2.71 bits per heavy atom. The first-order valence-electron chi connectivity index (χ1n) is 11.2. The van der Waals surface area contributed by atoms with Gasteiger partial charge in [0.25, 0.3) is 11.5 Å². The van der Waals surface area contributed by atoms with E-state index in [1.54, 1.807) is 12.0 Å². The van der Waals surface area contributed by atoms with Crippen LogP contribution in [0.1, 0.15) is 46.2 Å². The first-order valence-corrected chi connectivity index (χ1v) is 11.6. The molecule has 0 saturated carbocycles. The molecule has 0 saturated heterocycles. The SMILES string of the molecule is COCCn1nc(C(=O)N2CC(c3ccccc3Cl)c3c([nH]c4ccccc34)C2C)ccc1=O. The van der Waals surface area contributed by atoms with Crippen molar-refractivity contribution in [2.75, 3.05) is 20.3 Å². The quantitative estimate of drug-likeness (QED) is 0.463.